The first-order valence-corrected chi connectivity index (χ1v) is 7.35. The molecule has 1 spiro atoms. The van der Waals surface area contributed by atoms with Gasteiger partial charge in [0, 0.05) is 16.7 Å². The van der Waals surface area contributed by atoms with Gasteiger partial charge in [-0.25, -0.2) is 0 Å². The first kappa shape index (κ1) is 13.0. The molecule has 17 heavy (non-hydrogen) atoms. The molecular formula is C11H17ClN2O2S. The van der Waals surface area contributed by atoms with E-state index in [-0.39, 0.29) is 34.4 Å². The fourth-order valence-electron chi connectivity index (χ4n) is 2.74. The van der Waals surface area contributed by atoms with Gasteiger partial charge in [-0.2, -0.15) is 11.8 Å². The summed E-state index contributed by atoms with van der Waals surface area (Å²) in [6.07, 6.45) is 3.64. The fraction of sp³-hybridized carbons (Fsp3) is 0.818. The standard InChI is InChI=1S/C11H17ClN2O2S/c12-6-9(15)14-8-1-2-17-11(5-8)3-7(4-11)10(13)16/h7-8H,1-6H2,(H2,13,16)(H,14,15). The molecule has 3 N–H and O–H groups in total. The third-order valence-electron chi connectivity index (χ3n) is 3.62. The lowest BCUT2D eigenvalue weighted by Crippen LogP contribution is -2.53. The SMILES string of the molecule is NC(=O)C1CC2(CC(NC(=O)CCl)CCS2)C1. The highest BCUT2D eigenvalue weighted by atomic mass is 35.5. The van der Waals surface area contributed by atoms with Crippen LogP contribution in [-0.4, -0.2) is 34.2 Å². The second-order valence-corrected chi connectivity index (χ2v) is 6.76. The molecule has 96 valence electrons. The Morgan fingerprint density at radius 3 is 2.71 bits per heavy atom. The zero-order valence-corrected chi connectivity index (χ0v) is 11.1. The van der Waals surface area contributed by atoms with Gasteiger partial charge in [0.25, 0.3) is 0 Å². The van der Waals surface area contributed by atoms with Gasteiger partial charge in [0.2, 0.25) is 11.8 Å². The van der Waals surface area contributed by atoms with Crippen LogP contribution < -0.4 is 11.1 Å². The summed E-state index contributed by atoms with van der Waals surface area (Å²) >= 11 is 7.40. The summed E-state index contributed by atoms with van der Waals surface area (Å²) in [5.41, 5.74) is 5.29. The Bertz CT molecular complexity index is 331. The van der Waals surface area contributed by atoms with E-state index in [0.717, 1.165) is 31.4 Å². The largest absolute Gasteiger partial charge is 0.369 e. The van der Waals surface area contributed by atoms with Crippen molar-refractivity contribution in [1.82, 2.24) is 5.32 Å². The molecular weight excluding hydrogens is 260 g/mol. The molecule has 1 saturated heterocycles. The molecule has 2 amide bonds. The fourth-order valence-corrected chi connectivity index (χ4v) is 4.61. The maximum Gasteiger partial charge on any atom is 0.235 e. The quantitative estimate of drug-likeness (QED) is 0.752. The van der Waals surface area contributed by atoms with Crippen LogP contribution in [-0.2, 0) is 9.59 Å². The van der Waals surface area contributed by atoms with Gasteiger partial charge in [-0.15, -0.1) is 11.6 Å². The average molecular weight is 277 g/mol. The highest BCUT2D eigenvalue weighted by Gasteiger charge is 2.49. The van der Waals surface area contributed by atoms with Gasteiger partial charge < -0.3 is 11.1 Å². The zero-order chi connectivity index (χ0) is 12.5. The molecule has 6 heteroatoms. The molecule has 1 aliphatic carbocycles. The number of carbonyl (C=O) groups excluding carboxylic acids is 2. The molecule has 2 aliphatic rings. The third kappa shape index (κ3) is 2.88. The average Bonchev–Trinajstić information content (AvgIpc) is 2.25. The maximum atomic E-state index is 11.2. The smallest absolute Gasteiger partial charge is 0.235 e. The van der Waals surface area contributed by atoms with E-state index < -0.39 is 0 Å². The minimum atomic E-state index is -0.192. The molecule has 0 aromatic carbocycles. The van der Waals surface area contributed by atoms with Crippen LogP contribution in [0.3, 0.4) is 0 Å². The summed E-state index contributed by atoms with van der Waals surface area (Å²) in [7, 11) is 0. The Labute approximate surface area is 110 Å². The Kier molecular flexibility index (Phi) is 3.88. The number of rotatable bonds is 3. The van der Waals surface area contributed by atoms with Gasteiger partial charge >= 0.3 is 0 Å². The number of thioether (sulfide) groups is 1. The van der Waals surface area contributed by atoms with Crippen molar-refractivity contribution in [2.24, 2.45) is 11.7 Å². The van der Waals surface area contributed by atoms with Crippen LogP contribution in [0.15, 0.2) is 0 Å². The van der Waals surface area contributed by atoms with E-state index in [4.69, 9.17) is 17.3 Å². The molecule has 0 bridgehead atoms. The van der Waals surface area contributed by atoms with Crippen molar-refractivity contribution in [2.75, 3.05) is 11.6 Å². The molecule has 1 atom stereocenters. The second kappa shape index (κ2) is 5.06. The highest BCUT2D eigenvalue weighted by Crippen LogP contribution is 2.53. The van der Waals surface area contributed by atoms with Crippen LogP contribution in [0.1, 0.15) is 25.7 Å². The number of halogens is 1. The lowest BCUT2D eigenvalue weighted by atomic mass is 9.70. The second-order valence-electron chi connectivity index (χ2n) is 4.93. The van der Waals surface area contributed by atoms with Crippen LogP contribution >= 0.6 is 23.4 Å². The summed E-state index contributed by atoms with van der Waals surface area (Å²) in [6.45, 7) is 0. The monoisotopic (exact) mass is 276 g/mol. The number of primary amides is 1. The van der Waals surface area contributed by atoms with Gasteiger partial charge in [-0.1, -0.05) is 0 Å². The summed E-state index contributed by atoms with van der Waals surface area (Å²) in [5, 5.41) is 2.94. The Morgan fingerprint density at radius 1 is 1.41 bits per heavy atom. The van der Waals surface area contributed by atoms with E-state index in [1.807, 2.05) is 11.8 Å². The number of hydrogen-bond acceptors (Lipinski definition) is 3. The van der Waals surface area contributed by atoms with E-state index >= 15 is 0 Å². The minimum absolute atomic E-state index is 0.0144. The first-order chi connectivity index (χ1) is 8.04. The van der Waals surface area contributed by atoms with E-state index in [1.54, 1.807) is 0 Å². The van der Waals surface area contributed by atoms with Crippen LogP contribution in [0.5, 0.6) is 0 Å². The van der Waals surface area contributed by atoms with Crippen LogP contribution in [0.2, 0.25) is 0 Å². The number of hydrogen-bond donors (Lipinski definition) is 2. The summed E-state index contributed by atoms with van der Waals surface area (Å²) in [5.74, 6) is 0.775. The molecule has 1 heterocycles. The molecule has 1 aliphatic heterocycles. The van der Waals surface area contributed by atoms with Crippen molar-refractivity contribution in [2.45, 2.75) is 36.5 Å². The van der Waals surface area contributed by atoms with Gasteiger partial charge in [0.15, 0.2) is 0 Å². The van der Waals surface area contributed by atoms with Crippen molar-refractivity contribution >= 4 is 35.2 Å². The van der Waals surface area contributed by atoms with Crippen molar-refractivity contribution in [1.29, 1.82) is 0 Å². The lowest BCUT2D eigenvalue weighted by Gasteiger charge is -2.50. The molecule has 1 saturated carbocycles. The number of alkyl halides is 1. The topological polar surface area (TPSA) is 72.2 Å². The first-order valence-electron chi connectivity index (χ1n) is 5.83. The molecule has 2 fully saturated rings. The lowest BCUT2D eigenvalue weighted by molar-refractivity contribution is -0.125. The Morgan fingerprint density at radius 2 is 2.12 bits per heavy atom. The van der Waals surface area contributed by atoms with E-state index in [1.165, 1.54) is 0 Å². The maximum absolute atomic E-state index is 11.2. The van der Waals surface area contributed by atoms with Crippen molar-refractivity contribution in [3.8, 4) is 0 Å². The number of nitrogens with one attached hydrogen (secondary N) is 1. The Hall–Kier alpha value is -0.420. The number of carbonyl (C=O) groups is 2. The summed E-state index contributed by atoms with van der Waals surface area (Å²) in [4.78, 5) is 22.3. The van der Waals surface area contributed by atoms with E-state index in [0.29, 0.717) is 0 Å². The summed E-state index contributed by atoms with van der Waals surface area (Å²) in [6, 6.07) is 0.205. The van der Waals surface area contributed by atoms with E-state index in [2.05, 4.69) is 5.32 Å². The predicted octanol–water partition coefficient (Wildman–Crippen LogP) is 0.871. The number of amides is 2. The molecule has 0 aromatic rings. The van der Waals surface area contributed by atoms with Crippen molar-refractivity contribution in [3.63, 3.8) is 0 Å². The van der Waals surface area contributed by atoms with Crippen molar-refractivity contribution < 1.29 is 9.59 Å². The van der Waals surface area contributed by atoms with Crippen LogP contribution in [0.4, 0.5) is 0 Å². The summed E-state index contributed by atoms with van der Waals surface area (Å²) < 4.78 is 0.169. The third-order valence-corrected chi connectivity index (χ3v) is 5.41. The van der Waals surface area contributed by atoms with E-state index in [9.17, 15) is 9.59 Å². The Balaban J connectivity index is 1.86. The molecule has 0 radical (unpaired) electrons. The molecule has 2 rings (SSSR count). The molecule has 4 nitrogen and oxygen atoms in total. The van der Waals surface area contributed by atoms with Crippen molar-refractivity contribution in [3.05, 3.63) is 0 Å². The number of nitrogens with two attached hydrogens (primary N) is 1. The van der Waals surface area contributed by atoms with Gasteiger partial charge in [0.05, 0.1) is 0 Å². The minimum Gasteiger partial charge on any atom is -0.369 e. The zero-order valence-electron chi connectivity index (χ0n) is 9.58. The molecule has 1 unspecified atom stereocenters. The van der Waals surface area contributed by atoms with Gasteiger partial charge in [-0.05, 0) is 31.4 Å². The highest BCUT2D eigenvalue weighted by molar-refractivity contribution is 8.00. The van der Waals surface area contributed by atoms with Gasteiger partial charge in [-0.3, -0.25) is 9.59 Å². The molecule has 0 aromatic heterocycles. The van der Waals surface area contributed by atoms with Crippen LogP contribution in [0.25, 0.3) is 0 Å². The van der Waals surface area contributed by atoms with Gasteiger partial charge in [0.1, 0.15) is 5.88 Å². The normalized spacial score (nSPS) is 36.3. The predicted molar refractivity (Wildman–Crippen MR) is 69.0 cm³/mol. The van der Waals surface area contributed by atoms with Crippen LogP contribution in [0, 0.1) is 5.92 Å².